The second kappa shape index (κ2) is 11.3. The van der Waals surface area contributed by atoms with Crippen molar-refractivity contribution in [3.63, 3.8) is 0 Å². The number of aromatic nitrogens is 2. The van der Waals surface area contributed by atoms with E-state index in [1.165, 1.54) is 16.7 Å². The molecule has 4 rings (SSSR count). The van der Waals surface area contributed by atoms with E-state index in [0.29, 0.717) is 13.2 Å². The molecule has 6 nitrogen and oxygen atoms in total. The molecule has 7 heteroatoms. The van der Waals surface area contributed by atoms with Gasteiger partial charge in [-0.3, -0.25) is 4.99 Å². The molecule has 0 radical (unpaired) electrons. The highest BCUT2D eigenvalue weighted by Gasteiger charge is 2.25. The molecule has 0 amide bonds. The minimum Gasteiger partial charge on any atom is -0.370 e. The quantitative estimate of drug-likeness (QED) is 0.307. The number of benzene rings is 2. The summed E-state index contributed by atoms with van der Waals surface area (Å²) in [5, 5.41) is 3.49. The molecule has 31 heavy (non-hydrogen) atoms. The molecule has 1 aromatic heterocycles. The minimum atomic E-state index is 0. The highest BCUT2D eigenvalue weighted by Crippen LogP contribution is 2.25. The topological polar surface area (TPSA) is 54.7 Å². The van der Waals surface area contributed by atoms with Crippen LogP contribution in [0.2, 0.25) is 0 Å². The number of hydrogen-bond acceptors (Lipinski definition) is 3. The third-order valence-corrected chi connectivity index (χ3v) is 5.52. The molecule has 0 spiro atoms. The van der Waals surface area contributed by atoms with Gasteiger partial charge in [0.1, 0.15) is 11.9 Å². The Morgan fingerprint density at radius 2 is 1.94 bits per heavy atom. The number of nitrogens with zero attached hydrogens (tertiary/aromatic N) is 4. The molecular formula is C24H30IN5O. The van der Waals surface area contributed by atoms with Gasteiger partial charge >= 0.3 is 0 Å². The minimum absolute atomic E-state index is 0. The molecule has 1 aliphatic heterocycles. The summed E-state index contributed by atoms with van der Waals surface area (Å²) in [6.45, 7) is 5.85. The molecule has 1 unspecified atom stereocenters. The van der Waals surface area contributed by atoms with Gasteiger partial charge in [0, 0.05) is 32.5 Å². The monoisotopic (exact) mass is 531 g/mol. The van der Waals surface area contributed by atoms with E-state index in [0.717, 1.165) is 31.4 Å². The number of nitrogens with one attached hydrogen (secondary N) is 1. The summed E-state index contributed by atoms with van der Waals surface area (Å²) in [5.41, 5.74) is 3.77. The average molecular weight is 531 g/mol. The lowest BCUT2D eigenvalue weighted by molar-refractivity contribution is -0.00835. The van der Waals surface area contributed by atoms with E-state index in [-0.39, 0.29) is 30.1 Å². The van der Waals surface area contributed by atoms with Crippen LogP contribution in [0, 0.1) is 6.92 Å². The number of ether oxygens (including phenoxy) is 1. The Labute approximate surface area is 201 Å². The number of morpholine rings is 1. The van der Waals surface area contributed by atoms with Crippen molar-refractivity contribution in [2.24, 2.45) is 4.99 Å². The van der Waals surface area contributed by atoms with Crippen molar-refractivity contribution in [1.29, 1.82) is 0 Å². The third-order valence-electron chi connectivity index (χ3n) is 5.52. The Hall–Kier alpha value is -2.39. The summed E-state index contributed by atoms with van der Waals surface area (Å²) in [6.07, 6.45) is 3.93. The highest BCUT2D eigenvalue weighted by molar-refractivity contribution is 14.0. The summed E-state index contributed by atoms with van der Waals surface area (Å²) in [6, 6.07) is 18.9. The molecule has 0 aliphatic carbocycles. The lowest BCUT2D eigenvalue weighted by atomic mass is 10.0. The molecule has 1 N–H and O–H groups in total. The van der Waals surface area contributed by atoms with Gasteiger partial charge < -0.3 is 19.5 Å². The van der Waals surface area contributed by atoms with Gasteiger partial charge in [-0.25, -0.2) is 4.98 Å². The third kappa shape index (κ3) is 5.86. The van der Waals surface area contributed by atoms with Crippen LogP contribution in [0.3, 0.4) is 0 Å². The largest absolute Gasteiger partial charge is 0.370 e. The van der Waals surface area contributed by atoms with Gasteiger partial charge in [0.05, 0.1) is 19.7 Å². The van der Waals surface area contributed by atoms with E-state index in [9.17, 15) is 0 Å². The van der Waals surface area contributed by atoms with E-state index in [1.54, 1.807) is 0 Å². The second-order valence-electron chi connectivity index (χ2n) is 7.52. The maximum atomic E-state index is 6.06. The summed E-state index contributed by atoms with van der Waals surface area (Å²) in [4.78, 5) is 11.3. The molecule has 3 aromatic rings. The lowest BCUT2D eigenvalue weighted by Crippen LogP contribution is -2.48. The number of rotatable bonds is 5. The van der Waals surface area contributed by atoms with Crippen LogP contribution in [0.15, 0.2) is 72.0 Å². The lowest BCUT2D eigenvalue weighted by Gasteiger charge is -2.35. The van der Waals surface area contributed by atoms with Crippen molar-refractivity contribution >= 4 is 29.9 Å². The maximum absolute atomic E-state index is 6.06. The number of halogens is 1. The highest BCUT2D eigenvalue weighted by atomic mass is 127. The van der Waals surface area contributed by atoms with Crippen molar-refractivity contribution < 1.29 is 4.74 Å². The van der Waals surface area contributed by atoms with Gasteiger partial charge in [0.25, 0.3) is 0 Å². The fraction of sp³-hybridized carbons (Fsp3) is 0.333. The van der Waals surface area contributed by atoms with Crippen LogP contribution in [0.25, 0.3) is 0 Å². The summed E-state index contributed by atoms with van der Waals surface area (Å²) >= 11 is 0. The van der Waals surface area contributed by atoms with Crippen LogP contribution in [0.1, 0.15) is 28.6 Å². The molecule has 164 valence electrons. The molecule has 1 fully saturated rings. The standard InChI is InChI=1S/C24H29N5O.HI/c1-19-8-6-7-11-21(19)22-18-29(14-15-30-22)24(25-2)27-16-23-26-12-13-28(23)17-20-9-4-3-5-10-20;/h3-13,22H,14-18H2,1-2H3,(H,25,27);1H. The van der Waals surface area contributed by atoms with E-state index < -0.39 is 0 Å². The summed E-state index contributed by atoms with van der Waals surface area (Å²) in [7, 11) is 1.83. The Balaban J connectivity index is 0.00000272. The van der Waals surface area contributed by atoms with Crippen LogP contribution in [-0.2, 0) is 17.8 Å². The van der Waals surface area contributed by atoms with Crippen molar-refractivity contribution in [3.8, 4) is 0 Å². The van der Waals surface area contributed by atoms with E-state index in [1.807, 2.05) is 25.5 Å². The molecular weight excluding hydrogens is 501 g/mol. The molecule has 1 aliphatic rings. The zero-order valence-electron chi connectivity index (χ0n) is 18.1. The van der Waals surface area contributed by atoms with Gasteiger partial charge in [0.2, 0.25) is 0 Å². The molecule has 1 atom stereocenters. The summed E-state index contributed by atoms with van der Waals surface area (Å²) in [5.74, 6) is 1.87. The number of aryl methyl sites for hydroxylation is 1. The zero-order chi connectivity index (χ0) is 20.8. The first kappa shape index (κ1) is 23.3. The first-order valence-corrected chi connectivity index (χ1v) is 10.4. The van der Waals surface area contributed by atoms with Crippen molar-refractivity contribution in [2.45, 2.75) is 26.1 Å². The Bertz CT molecular complexity index is 988. The van der Waals surface area contributed by atoms with Crippen LogP contribution in [0.5, 0.6) is 0 Å². The van der Waals surface area contributed by atoms with E-state index in [4.69, 9.17) is 4.74 Å². The van der Waals surface area contributed by atoms with Gasteiger partial charge in [0.15, 0.2) is 5.96 Å². The number of guanidine groups is 1. The fourth-order valence-electron chi connectivity index (χ4n) is 3.90. The zero-order valence-corrected chi connectivity index (χ0v) is 20.4. The van der Waals surface area contributed by atoms with Crippen LogP contribution in [0.4, 0.5) is 0 Å². The SMILES string of the molecule is CN=C(NCc1nccn1Cc1ccccc1)N1CCOC(c2ccccc2C)C1.I. The maximum Gasteiger partial charge on any atom is 0.194 e. The molecule has 2 heterocycles. The Morgan fingerprint density at radius 3 is 2.71 bits per heavy atom. The number of aliphatic imine (C=N–C) groups is 1. The second-order valence-corrected chi connectivity index (χ2v) is 7.52. The average Bonchev–Trinajstić information content (AvgIpc) is 3.22. The Morgan fingerprint density at radius 1 is 1.16 bits per heavy atom. The predicted molar refractivity (Wildman–Crippen MR) is 135 cm³/mol. The van der Waals surface area contributed by atoms with Crippen molar-refractivity contribution in [1.82, 2.24) is 19.8 Å². The van der Waals surface area contributed by atoms with E-state index in [2.05, 4.69) is 80.2 Å². The molecule has 1 saturated heterocycles. The summed E-state index contributed by atoms with van der Waals surface area (Å²) < 4.78 is 8.24. The first-order valence-electron chi connectivity index (χ1n) is 10.4. The molecule has 2 aromatic carbocycles. The predicted octanol–water partition coefficient (Wildman–Crippen LogP) is 4.01. The van der Waals surface area contributed by atoms with Gasteiger partial charge in [-0.2, -0.15) is 0 Å². The van der Waals surface area contributed by atoms with Crippen LogP contribution >= 0.6 is 24.0 Å². The molecule has 0 bridgehead atoms. The molecule has 0 saturated carbocycles. The number of imidazole rings is 1. The normalized spacial score (nSPS) is 16.6. The van der Waals surface area contributed by atoms with Gasteiger partial charge in [-0.1, -0.05) is 54.6 Å². The van der Waals surface area contributed by atoms with E-state index >= 15 is 0 Å². The van der Waals surface area contributed by atoms with Crippen molar-refractivity contribution in [3.05, 3.63) is 89.5 Å². The first-order chi connectivity index (χ1) is 14.7. The van der Waals surface area contributed by atoms with Gasteiger partial charge in [-0.15, -0.1) is 24.0 Å². The smallest absolute Gasteiger partial charge is 0.194 e. The Kier molecular flexibility index (Phi) is 8.48. The number of hydrogen-bond donors (Lipinski definition) is 1. The van der Waals surface area contributed by atoms with Gasteiger partial charge in [-0.05, 0) is 23.6 Å². The fourth-order valence-corrected chi connectivity index (χ4v) is 3.90. The van der Waals surface area contributed by atoms with Crippen LogP contribution in [-0.4, -0.2) is 47.2 Å². The van der Waals surface area contributed by atoms with Crippen LogP contribution < -0.4 is 5.32 Å². The van der Waals surface area contributed by atoms with Crippen molar-refractivity contribution in [2.75, 3.05) is 26.7 Å².